The van der Waals surface area contributed by atoms with E-state index in [-0.39, 0.29) is 0 Å². The fraction of sp³-hybridized carbons (Fsp3) is 0.600. The lowest BCUT2D eigenvalue weighted by Gasteiger charge is -2.27. The third kappa shape index (κ3) is 2.35. The lowest BCUT2D eigenvalue weighted by atomic mass is 10.1. The summed E-state index contributed by atoms with van der Waals surface area (Å²) in [6.45, 7) is 1.99. The quantitative estimate of drug-likeness (QED) is 0.652. The monoisotopic (exact) mass is 258 g/mol. The van der Waals surface area contributed by atoms with Crippen molar-refractivity contribution in [3.63, 3.8) is 0 Å². The van der Waals surface area contributed by atoms with Gasteiger partial charge in [0, 0.05) is 13.1 Å². The minimum Gasteiger partial charge on any atom is -0.383 e. The summed E-state index contributed by atoms with van der Waals surface area (Å²) < 4.78 is 0. The molecule has 0 unspecified atom stereocenters. The van der Waals surface area contributed by atoms with Crippen LogP contribution >= 0.6 is 23.4 Å². The van der Waals surface area contributed by atoms with Crippen molar-refractivity contribution in [2.45, 2.75) is 24.2 Å². The molecular weight excluding hydrogens is 244 g/mol. The molecule has 2 heterocycles. The first-order valence-corrected chi connectivity index (χ1v) is 6.94. The zero-order valence-electron chi connectivity index (χ0n) is 9.24. The van der Waals surface area contributed by atoms with Crippen LogP contribution < -0.4 is 10.6 Å². The van der Waals surface area contributed by atoms with Crippen molar-refractivity contribution in [2.24, 2.45) is 0 Å². The van der Waals surface area contributed by atoms with Gasteiger partial charge in [-0.3, -0.25) is 0 Å². The van der Waals surface area contributed by atoms with E-state index in [1.165, 1.54) is 31.0 Å². The van der Waals surface area contributed by atoms with Crippen molar-refractivity contribution in [3.05, 3.63) is 5.15 Å². The summed E-state index contributed by atoms with van der Waals surface area (Å²) in [5, 5.41) is 0.459. The second kappa shape index (κ2) is 5.10. The third-order valence-corrected chi connectivity index (χ3v) is 3.88. The van der Waals surface area contributed by atoms with Crippen LogP contribution in [-0.2, 0) is 0 Å². The topological polar surface area (TPSA) is 55.0 Å². The van der Waals surface area contributed by atoms with E-state index in [0.29, 0.717) is 16.9 Å². The maximum atomic E-state index is 6.08. The first-order chi connectivity index (χ1) is 7.72. The van der Waals surface area contributed by atoms with Gasteiger partial charge in [0.25, 0.3) is 0 Å². The van der Waals surface area contributed by atoms with Crippen LogP contribution in [0.2, 0.25) is 5.15 Å². The van der Waals surface area contributed by atoms with Crippen LogP contribution in [0, 0.1) is 0 Å². The Hall–Kier alpha value is -0.680. The molecule has 6 heteroatoms. The highest BCUT2D eigenvalue weighted by atomic mass is 35.5. The Kier molecular flexibility index (Phi) is 3.76. The Morgan fingerprint density at radius 1 is 1.25 bits per heavy atom. The molecular formula is C10H15ClN4S. The number of nitrogens with two attached hydrogens (primary N) is 1. The smallest absolute Gasteiger partial charge is 0.228 e. The summed E-state index contributed by atoms with van der Waals surface area (Å²) in [5.41, 5.74) is 5.86. The highest BCUT2D eigenvalue weighted by Gasteiger charge is 2.17. The number of nitrogen functional groups attached to an aromatic ring is 1. The van der Waals surface area contributed by atoms with Crippen molar-refractivity contribution in [2.75, 3.05) is 30.0 Å². The van der Waals surface area contributed by atoms with Gasteiger partial charge in [-0.2, -0.15) is 9.97 Å². The Bertz CT molecular complexity index is 356. The maximum absolute atomic E-state index is 6.08. The van der Waals surface area contributed by atoms with Crippen molar-refractivity contribution >= 4 is 35.1 Å². The molecule has 0 saturated carbocycles. The van der Waals surface area contributed by atoms with Crippen molar-refractivity contribution < 1.29 is 0 Å². The average molecular weight is 259 g/mol. The predicted molar refractivity (Wildman–Crippen MR) is 69.3 cm³/mol. The summed E-state index contributed by atoms with van der Waals surface area (Å²) >= 11 is 7.55. The third-order valence-electron chi connectivity index (χ3n) is 2.68. The van der Waals surface area contributed by atoms with Gasteiger partial charge < -0.3 is 10.6 Å². The minimum absolute atomic E-state index is 0.459. The molecule has 0 bridgehead atoms. The van der Waals surface area contributed by atoms with Crippen LogP contribution in [-0.4, -0.2) is 29.3 Å². The number of hydrogen-bond acceptors (Lipinski definition) is 5. The van der Waals surface area contributed by atoms with Crippen molar-refractivity contribution in [3.8, 4) is 0 Å². The predicted octanol–water partition coefficient (Wildman–Crippen LogP) is 2.42. The molecule has 2 N–H and O–H groups in total. The normalized spacial score (nSPS) is 16.5. The molecule has 0 atom stereocenters. The van der Waals surface area contributed by atoms with Crippen LogP contribution in [0.15, 0.2) is 4.90 Å². The highest BCUT2D eigenvalue weighted by molar-refractivity contribution is 7.98. The number of thioether (sulfide) groups is 1. The molecule has 1 aliphatic heterocycles. The molecule has 0 aromatic carbocycles. The van der Waals surface area contributed by atoms with Gasteiger partial charge in [-0.25, -0.2) is 0 Å². The van der Waals surface area contributed by atoms with E-state index in [2.05, 4.69) is 14.9 Å². The SMILES string of the molecule is CSc1c(N)nc(N2CCCCC2)nc1Cl. The second-order valence-corrected chi connectivity index (χ2v) is 4.96. The van der Waals surface area contributed by atoms with Crippen LogP contribution in [0.1, 0.15) is 19.3 Å². The number of piperidine rings is 1. The number of nitrogens with zero attached hydrogens (tertiary/aromatic N) is 3. The fourth-order valence-electron chi connectivity index (χ4n) is 1.85. The van der Waals surface area contributed by atoms with Crippen LogP contribution in [0.5, 0.6) is 0 Å². The highest BCUT2D eigenvalue weighted by Crippen LogP contribution is 2.30. The van der Waals surface area contributed by atoms with Gasteiger partial charge in [0.15, 0.2) is 0 Å². The van der Waals surface area contributed by atoms with Gasteiger partial charge in [0.1, 0.15) is 11.0 Å². The zero-order chi connectivity index (χ0) is 11.5. The standard InChI is InChI=1S/C10H15ClN4S/c1-16-7-8(11)13-10(14-9(7)12)15-5-3-2-4-6-15/h2-6H2,1H3,(H2,12,13,14). The number of hydrogen-bond donors (Lipinski definition) is 1. The van der Waals surface area contributed by atoms with E-state index >= 15 is 0 Å². The number of halogens is 1. The van der Waals surface area contributed by atoms with E-state index in [0.717, 1.165) is 18.0 Å². The second-order valence-electron chi connectivity index (χ2n) is 3.78. The van der Waals surface area contributed by atoms with Crippen LogP contribution in [0.3, 0.4) is 0 Å². The summed E-state index contributed by atoms with van der Waals surface area (Å²) in [6, 6.07) is 0. The van der Waals surface area contributed by atoms with Crippen molar-refractivity contribution in [1.29, 1.82) is 0 Å². The minimum atomic E-state index is 0.459. The molecule has 2 rings (SSSR count). The Labute approximate surface area is 105 Å². The van der Waals surface area contributed by atoms with E-state index in [1.54, 1.807) is 0 Å². The summed E-state index contributed by atoms with van der Waals surface area (Å²) in [4.78, 5) is 11.5. The molecule has 16 heavy (non-hydrogen) atoms. The largest absolute Gasteiger partial charge is 0.383 e. The molecule has 1 aromatic rings. The van der Waals surface area contributed by atoms with E-state index < -0.39 is 0 Å². The Balaban J connectivity index is 2.28. The lowest BCUT2D eigenvalue weighted by Crippen LogP contribution is -2.31. The van der Waals surface area contributed by atoms with Gasteiger partial charge >= 0.3 is 0 Å². The molecule has 0 spiro atoms. The lowest BCUT2D eigenvalue weighted by molar-refractivity contribution is 0.568. The Morgan fingerprint density at radius 3 is 2.50 bits per heavy atom. The molecule has 4 nitrogen and oxygen atoms in total. The van der Waals surface area contributed by atoms with Crippen LogP contribution in [0.25, 0.3) is 0 Å². The number of rotatable bonds is 2. The van der Waals surface area contributed by atoms with Crippen LogP contribution in [0.4, 0.5) is 11.8 Å². The van der Waals surface area contributed by atoms with E-state index in [1.807, 2.05) is 6.26 Å². The summed E-state index contributed by atoms with van der Waals surface area (Å²) in [6.07, 6.45) is 5.57. The first-order valence-electron chi connectivity index (χ1n) is 5.34. The molecule has 0 radical (unpaired) electrons. The summed E-state index contributed by atoms with van der Waals surface area (Å²) in [7, 11) is 0. The molecule has 0 aliphatic carbocycles. The van der Waals surface area contributed by atoms with Gasteiger partial charge in [-0.15, -0.1) is 11.8 Å². The maximum Gasteiger partial charge on any atom is 0.228 e. The van der Waals surface area contributed by atoms with Crippen molar-refractivity contribution in [1.82, 2.24) is 9.97 Å². The Morgan fingerprint density at radius 2 is 1.94 bits per heavy atom. The van der Waals surface area contributed by atoms with Gasteiger partial charge in [-0.05, 0) is 25.5 Å². The number of anilines is 2. The fourth-order valence-corrected chi connectivity index (χ4v) is 2.72. The molecule has 1 aromatic heterocycles. The van der Waals surface area contributed by atoms with E-state index in [4.69, 9.17) is 17.3 Å². The average Bonchev–Trinajstić information content (AvgIpc) is 2.30. The van der Waals surface area contributed by atoms with E-state index in [9.17, 15) is 0 Å². The van der Waals surface area contributed by atoms with Gasteiger partial charge in [0.05, 0.1) is 4.90 Å². The molecule has 1 fully saturated rings. The van der Waals surface area contributed by atoms with Gasteiger partial charge in [-0.1, -0.05) is 11.6 Å². The molecule has 0 amide bonds. The number of aromatic nitrogens is 2. The molecule has 88 valence electrons. The zero-order valence-corrected chi connectivity index (χ0v) is 10.8. The van der Waals surface area contributed by atoms with Gasteiger partial charge in [0.2, 0.25) is 5.95 Å². The molecule has 1 aliphatic rings. The summed E-state index contributed by atoms with van der Waals surface area (Å²) in [5.74, 6) is 1.15. The molecule has 1 saturated heterocycles. The first kappa shape index (κ1) is 11.8.